The summed E-state index contributed by atoms with van der Waals surface area (Å²) < 4.78 is 47.9. The summed E-state index contributed by atoms with van der Waals surface area (Å²) in [4.78, 5) is 34.3. The van der Waals surface area contributed by atoms with Crippen LogP contribution in [0, 0.1) is 21.7 Å². The number of nitro groups is 1. The van der Waals surface area contributed by atoms with Gasteiger partial charge in [-0.05, 0) is 92.3 Å². The van der Waals surface area contributed by atoms with Crippen LogP contribution in [0.2, 0.25) is 0 Å². The molecule has 0 aliphatic heterocycles. The Balaban J connectivity index is 0.000000189. The van der Waals surface area contributed by atoms with Crippen molar-refractivity contribution in [3.05, 3.63) is 102 Å². The Kier molecular flexibility index (Phi) is 14.5. The monoisotopic (exact) mass is 869 g/mol. The van der Waals surface area contributed by atoms with Crippen LogP contribution in [0.1, 0.15) is 34.3 Å². The van der Waals surface area contributed by atoms with Gasteiger partial charge >= 0.3 is 17.3 Å². The van der Waals surface area contributed by atoms with E-state index in [0.717, 1.165) is 21.4 Å². The van der Waals surface area contributed by atoms with E-state index >= 15 is 0 Å². The first-order chi connectivity index (χ1) is 27.4. The fraction of sp³-hybridized carbons (Fsp3) is 0.375. The molecule has 4 heterocycles. The molecular weight excluding hydrogens is 836 g/mol. The second kappa shape index (κ2) is 19.3. The SMILES string of the molecule is CSCC(O)CN.CSCC(O)CNc1nonc1-c1noc(=O)n1[C@H]1Cc2ccc(F)cc21.Cl.O=c1onc(-c2nonc2[N+](=O)[O-])n1[C@H]1Cc2ccc(F)cc21. The Morgan fingerprint density at radius 1 is 0.845 bits per heavy atom. The Morgan fingerprint density at radius 3 is 1.84 bits per heavy atom. The number of halogens is 3. The van der Waals surface area contributed by atoms with E-state index in [0.29, 0.717) is 36.3 Å². The van der Waals surface area contributed by atoms with Gasteiger partial charge in [0.25, 0.3) is 5.69 Å². The number of hydrogen-bond donors (Lipinski definition) is 4. The number of aliphatic hydroxyl groups excluding tert-OH is 2. The van der Waals surface area contributed by atoms with E-state index in [1.807, 2.05) is 12.5 Å². The number of rotatable bonds is 13. The van der Waals surface area contributed by atoms with Gasteiger partial charge in [-0.15, -0.1) is 17.0 Å². The summed E-state index contributed by atoms with van der Waals surface area (Å²) in [6, 6.07) is 7.74. The highest BCUT2D eigenvalue weighted by molar-refractivity contribution is 7.98. The maximum absolute atomic E-state index is 13.6. The molecule has 310 valence electrons. The van der Waals surface area contributed by atoms with E-state index in [1.54, 1.807) is 23.9 Å². The van der Waals surface area contributed by atoms with Crippen molar-refractivity contribution in [3.63, 3.8) is 0 Å². The fourth-order valence-corrected chi connectivity index (χ4v) is 6.98. The highest BCUT2D eigenvalue weighted by Gasteiger charge is 2.37. The summed E-state index contributed by atoms with van der Waals surface area (Å²) in [5.41, 5.74) is 8.05. The summed E-state index contributed by atoms with van der Waals surface area (Å²) >= 11 is 3.11. The number of nitrogens with one attached hydrogen (secondary N) is 1. The van der Waals surface area contributed by atoms with E-state index in [2.05, 4.69) is 45.4 Å². The minimum absolute atomic E-state index is 0. The molecule has 0 radical (unpaired) electrons. The zero-order valence-corrected chi connectivity index (χ0v) is 32.7. The van der Waals surface area contributed by atoms with E-state index in [9.17, 15) is 33.6 Å². The second-order valence-electron chi connectivity index (χ2n) is 12.4. The molecule has 0 saturated carbocycles. The van der Waals surface area contributed by atoms with Crippen molar-refractivity contribution >= 4 is 47.6 Å². The van der Waals surface area contributed by atoms with Crippen molar-refractivity contribution in [2.45, 2.75) is 37.1 Å². The van der Waals surface area contributed by atoms with Gasteiger partial charge < -0.3 is 31.4 Å². The molecule has 0 amide bonds. The number of nitrogens with two attached hydrogens (primary N) is 1. The Bertz CT molecular complexity index is 2460. The van der Waals surface area contributed by atoms with Gasteiger partial charge in [0.05, 0.1) is 24.3 Å². The second-order valence-corrected chi connectivity index (χ2v) is 14.2. The molecule has 0 fully saturated rings. The molecular formula is C32H34ClF2N11O10S2. The third-order valence-electron chi connectivity index (χ3n) is 8.71. The van der Waals surface area contributed by atoms with Gasteiger partial charge in [0.15, 0.2) is 10.9 Å². The number of fused-ring (bicyclic) bond motifs is 2. The smallest absolute Gasteiger partial charge is 0.391 e. The molecule has 5 N–H and O–H groups in total. The van der Waals surface area contributed by atoms with Crippen LogP contribution in [0.25, 0.3) is 23.0 Å². The minimum atomic E-state index is -0.836. The van der Waals surface area contributed by atoms with Crippen LogP contribution in [0.5, 0.6) is 0 Å². The lowest BCUT2D eigenvalue weighted by Crippen LogP contribution is -2.31. The van der Waals surface area contributed by atoms with Crippen LogP contribution < -0.4 is 22.6 Å². The average molecular weight is 870 g/mol. The van der Waals surface area contributed by atoms with E-state index in [-0.39, 0.29) is 59.7 Å². The number of aliphatic hydroxyl groups is 2. The number of hydrogen-bond acceptors (Lipinski definition) is 20. The van der Waals surface area contributed by atoms with Gasteiger partial charge in [0.2, 0.25) is 17.5 Å². The number of aromatic nitrogens is 8. The van der Waals surface area contributed by atoms with Crippen molar-refractivity contribution in [1.82, 2.24) is 40.1 Å². The van der Waals surface area contributed by atoms with Crippen LogP contribution in [0.3, 0.4) is 0 Å². The largest absolute Gasteiger partial charge is 0.446 e. The highest BCUT2D eigenvalue weighted by atomic mass is 35.5. The third-order valence-corrected chi connectivity index (χ3v) is 10.1. The molecule has 0 saturated heterocycles. The molecule has 2 aromatic carbocycles. The number of benzene rings is 2. The molecule has 0 spiro atoms. The number of nitrogens with zero attached hydrogens (tertiary/aromatic N) is 9. The zero-order chi connectivity index (χ0) is 40.8. The molecule has 58 heavy (non-hydrogen) atoms. The average Bonchev–Trinajstić information content (AvgIpc) is 3.99. The van der Waals surface area contributed by atoms with E-state index in [4.69, 9.17) is 20.0 Å². The maximum Gasteiger partial charge on any atom is 0.446 e. The van der Waals surface area contributed by atoms with E-state index in [1.165, 1.54) is 40.6 Å². The molecule has 21 nitrogen and oxygen atoms in total. The minimum Gasteiger partial charge on any atom is -0.391 e. The topological polar surface area (TPSA) is 296 Å². The Labute approximate surface area is 338 Å². The van der Waals surface area contributed by atoms with Gasteiger partial charge in [-0.1, -0.05) is 22.4 Å². The first-order valence-electron chi connectivity index (χ1n) is 16.8. The number of thioether (sulfide) groups is 2. The van der Waals surface area contributed by atoms with Crippen molar-refractivity contribution in [3.8, 4) is 23.0 Å². The van der Waals surface area contributed by atoms with Crippen molar-refractivity contribution in [2.24, 2.45) is 5.73 Å². The fourth-order valence-electron chi connectivity index (χ4n) is 5.96. The van der Waals surface area contributed by atoms with E-state index < -0.39 is 46.3 Å². The molecule has 2 aliphatic rings. The lowest BCUT2D eigenvalue weighted by Gasteiger charge is -2.30. The van der Waals surface area contributed by atoms with Crippen LogP contribution in [-0.4, -0.2) is 105 Å². The molecule has 6 aromatic rings. The van der Waals surface area contributed by atoms with Crippen LogP contribution >= 0.6 is 35.9 Å². The van der Waals surface area contributed by atoms with Crippen LogP contribution in [0.15, 0.2) is 64.3 Å². The first-order valence-corrected chi connectivity index (χ1v) is 19.6. The molecule has 0 bridgehead atoms. The van der Waals surface area contributed by atoms with Crippen molar-refractivity contribution in [1.29, 1.82) is 0 Å². The Hall–Kier alpha value is -5.47. The first kappa shape index (κ1) is 43.6. The molecule has 4 aromatic heterocycles. The summed E-state index contributed by atoms with van der Waals surface area (Å²) in [7, 11) is 0. The Morgan fingerprint density at radius 2 is 1.34 bits per heavy atom. The van der Waals surface area contributed by atoms with Crippen LogP contribution in [-0.2, 0) is 12.8 Å². The predicted molar refractivity (Wildman–Crippen MR) is 205 cm³/mol. The van der Waals surface area contributed by atoms with Gasteiger partial charge in [0, 0.05) is 24.6 Å². The summed E-state index contributed by atoms with van der Waals surface area (Å²) in [6.07, 6.45) is 3.91. The van der Waals surface area contributed by atoms with Crippen molar-refractivity contribution < 1.29 is 42.2 Å². The lowest BCUT2D eigenvalue weighted by atomic mass is 9.83. The van der Waals surface area contributed by atoms with Gasteiger partial charge in [-0.3, -0.25) is 9.05 Å². The summed E-state index contributed by atoms with van der Waals surface area (Å²) in [5, 5.41) is 53.9. The van der Waals surface area contributed by atoms with Crippen LogP contribution in [0.4, 0.5) is 20.4 Å². The molecule has 4 atom stereocenters. The summed E-state index contributed by atoms with van der Waals surface area (Å²) in [6.45, 7) is 0.600. The summed E-state index contributed by atoms with van der Waals surface area (Å²) in [5.74, 6) is -1.57. The normalized spacial score (nSPS) is 15.8. The molecule has 2 aliphatic carbocycles. The van der Waals surface area contributed by atoms with Gasteiger partial charge in [-0.2, -0.15) is 23.5 Å². The molecule has 8 rings (SSSR count). The number of anilines is 1. The molecule has 2 unspecified atom stereocenters. The van der Waals surface area contributed by atoms with Crippen molar-refractivity contribution in [2.75, 3.05) is 42.4 Å². The zero-order valence-electron chi connectivity index (χ0n) is 30.3. The third kappa shape index (κ3) is 9.29. The standard InChI is InChI=1S/C16H16FN5O4S.C12H6FN5O5.C4H11NOS.ClH/c1-27-7-10(23)6-18-14-13(19-26-20-14)15-21-25-16(24)22(15)12-4-8-2-3-9(17)5-11(8)12;13-6-2-1-5-3-8(7(5)4-6)17-10(15-22-12(17)19)9-11(18(20)21)16-23-14-9;1-7-3-4(6)2-5;/h2-3,5,10,12,23H,4,6-7H2,1H3,(H,18,20);1-2,4,8H,3H2;4,6H,2-3,5H2,1H3;1H/t10?,12-;8-;;/m00../s1. The quantitative estimate of drug-likeness (QED) is 0.0957. The van der Waals surface area contributed by atoms with Gasteiger partial charge in [-0.25, -0.2) is 32.1 Å². The van der Waals surface area contributed by atoms with Gasteiger partial charge in [0.1, 0.15) is 11.6 Å². The molecule has 26 heteroatoms. The maximum atomic E-state index is 13.6. The lowest BCUT2D eigenvalue weighted by molar-refractivity contribution is -0.390. The predicted octanol–water partition coefficient (Wildman–Crippen LogP) is 2.48. The highest BCUT2D eigenvalue weighted by Crippen LogP contribution is 2.40.